The maximum Gasteiger partial charge on any atom is 0.337 e. The summed E-state index contributed by atoms with van der Waals surface area (Å²) < 4.78 is 0. The second-order valence-corrected chi connectivity index (χ2v) is 2.04. The Bertz CT molecular complexity index is 296. The fourth-order valence-corrected chi connectivity index (χ4v) is 0.740. The summed E-state index contributed by atoms with van der Waals surface area (Å²) >= 11 is 0. The van der Waals surface area contributed by atoms with E-state index in [-0.39, 0.29) is 17.0 Å². The largest absolute Gasteiger partial charge is 0.506 e. The predicted molar refractivity (Wildman–Crippen MR) is 39.5 cm³/mol. The molecule has 0 fully saturated rings. The summed E-state index contributed by atoms with van der Waals surface area (Å²) in [6.45, 7) is 0. The number of carboxylic acid groups (broad SMARTS) is 1. The molecule has 0 amide bonds. The molecule has 0 saturated carbocycles. The molecule has 0 spiro atoms. The highest BCUT2D eigenvalue weighted by atomic mass is 16.4. The molecule has 1 aromatic carbocycles. The highest BCUT2D eigenvalue weighted by Crippen LogP contribution is 2.22. The standard InChI is InChI=1S/C7H7NO3/c8-6-4(7(10)11)2-1-3-5(6)9/h1-3,9H,8H2,(H,10,11)/i1+1,2+1,3+1,4+1,5+1,6+1. The number of phenolic OH excluding ortho intramolecular Hbond substituents is 1. The van der Waals surface area contributed by atoms with Crippen molar-refractivity contribution in [2.75, 3.05) is 5.73 Å². The molecule has 4 N–H and O–H groups in total. The van der Waals surface area contributed by atoms with Gasteiger partial charge in [0.05, 0.1) is 11.3 Å². The van der Waals surface area contributed by atoms with E-state index in [1.54, 1.807) is 0 Å². The topological polar surface area (TPSA) is 83.5 Å². The molecule has 1 aromatic rings. The number of anilines is 1. The van der Waals surface area contributed by atoms with Crippen molar-refractivity contribution in [2.24, 2.45) is 0 Å². The molecule has 0 atom stereocenters. The molecule has 0 aliphatic carbocycles. The first-order chi connectivity index (χ1) is 5.13. The van der Waals surface area contributed by atoms with E-state index in [9.17, 15) is 4.79 Å². The minimum Gasteiger partial charge on any atom is -0.506 e. The molecule has 0 aliphatic rings. The van der Waals surface area contributed by atoms with Crippen molar-refractivity contribution < 1.29 is 15.0 Å². The number of benzene rings is 1. The first-order valence-corrected chi connectivity index (χ1v) is 2.93. The minimum atomic E-state index is -1.14. The Morgan fingerprint density at radius 3 is 2.55 bits per heavy atom. The highest BCUT2D eigenvalue weighted by Gasteiger charge is 2.09. The van der Waals surface area contributed by atoms with Crippen LogP contribution in [-0.2, 0) is 0 Å². The van der Waals surface area contributed by atoms with Gasteiger partial charge in [-0.2, -0.15) is 0 Å². The van der Waals surface area contributed by atoms with Crippen LogP contribution in [0.1, 0.15) is 10.4 Å². The zero-order chi connectivity index (χ0) is 8.43. The summed E-state index contributed by atoms with van der Waals surface area (Å²) in [5.74, 6) is -1.34. The van der Waals surface area contributed by atoms with Gasteiger partial charge < -0.3 is 15.9 Å². The van der Waals surface area contributed by atoms with Crippen molar-refractivity contribution in [1.29, 1.82) is 0 Å². The Morgan fingerprint density at radius 1 is 1.45 bits per heavy atom. The van der Waals surface area contributed by atoms with Crippen molar-refractivity contribution in [3.63, 3.8) is 0 Å². The summed E-state index contributed by atoms with van der Waals surface area (Å²) in [6, 6.07) is 4.09. The van der Waals surface area contributed by atoms with Crippen LogP contribution in [0.15, 0.2) is 18.2 Å². The van der Waals surface area contributed by atoms with Gasteiger partial charge in [-0.15, -0.1) is 0 Å². The van der Waals surface area contributed by atoms with Crippen LogP contribution < -0.4 is 5.73 Å². The third kappa shape index (κ3) is 1.24. The van der Waals surface area contributed by atoms with Crippen LogP contribution >= 0.6 is 0 Å². The molecule has 1 rings (SSSR count). The summed E-state index contributed by atoms with van der Waals surface area (Å²) in [4.78, 5) is 10.4. The molecular formula is C7H7NO3. The monoisotopic (exact) mass is 159 g/mol. The van der Waals surface area contributed by atoms with Crippen molar-refractivity contribution in [2.45, 2.75) is 0 Å². The van der Waals surface area contributed by atoms with Crippen LogP contribution in [0.2, 0.25) is 0 Å². The zero-order valence-electron chi connectivity index (χ0n) is 5.61. The molecular weight excluding hydrogens is 152 g/mol. The number of phenols is 1. The van der Waals surface area contributed by atoms with E-state index in [1.807, 2.05) is 0 Å². The molecule has 58 valence electrons. The minimum absolute atomic E-state index is 0.0787. The second-order valence-electron chi connectivity index (χ2n) is 2.04. The number of aromatic hydroxyl groups is 1. The SMILES string of the molecule is N[13c]1[13c](O)[13cH][13cH][13cH][13c]1C(=O)O. The number of rotatable bonds is 1. The Balaban J connectivity index is 3.27. The van der Waals surface area contributed by atoms with Crippen LogP contribution in [0.25, 0.3) is 0 Å². The molecule has 11 heavy (non-hydrogen) atoms. The van der Waals surface area contributed by atoms with Crippen LogP contribution in [0.4, 0.5) is 5.69 Å². The van der Waals surface area contributed by atoms with Crippen molar-refractivity contribution in [1.82, 2.24) is 0 Å². The van der Waals surface area contributed by atoms with E-state index in [1.165, 1.54) is 18.2 Å². The number of carboxylic acids is 1. The average molecular weight is 159 g/mol. The Hall–Kier alpha value is -1.71. The van der Waals surface area contributed by atoms with E-state index in [0.29, 0.717) is 0 Å². The van der Waals surface area contributed by atoms with Crippen molar-refractivity contribution in [3.8, 4) is 5.75 Å². The summed E-state index contributed by atoms with van der Waals surface area (Å²) in [5.41, 5.74) is 5.08. The van der Waals surface area contributed by atoms with Crippen molar-refractivity contribution >= 4 is 11.7 Å². The molecule has 4 nitrogen and oxygen atoms in total. The number of nitrogens with two attached hydrogens (primary N) is 1. The number of para-hydroxylation sites is 1. The Morgan fingerprint density at radius 2 is 2.09 bits per heavy atom. The van der Waals surface area contributed by atoms with Gasteiger partial charge in [-0.1, -0.05) is 6.07 Å². The molecule has 0 aliphatic heterocycles. The molecule has 0 radical (unpaired) electrons. The third-order valence-corrected chi connectivity index (χ3v) is 1.31. The number of aromatic carboxylic acids is 1. The summed E-state index contributed by atoms with van der Waals surface area (Å²) in [6.07, 6.45) is 0. The van der Waals surface area contributed by atoms with Gasteiger partial charge in [0.1, 0.15) is 5.75 Å². The van der Waals surface area contributed by atoms with Gasteiger partial charge in [-0.05, 0) is 12.1 Å². The second kappa shape index (κ2) is 2.49. The normalized spacial score (nSPS) is 9.45. The first-order valence-electron chi connectivity index (χ1n) is 2.93. The van der Waals surface area contributed by atoms with Gasteiger partial charge >= 0.3 is 5.97 Å². The molecule has 0 unspecified atom stereocenters. The number of hydrogen-bond donors (Lipinski definition) is 3. The van der Waals surface area contributed by atoms with E-state index in [4.69, 9.17) is 15.9 Å². The molecule has 4 heteroatoms. The van der Waals surface area contributed by atoms with Crippen molar-refractivity contribution in [3.05, 3.63) is 23.8 Å². The first kappa shape index (κ1) is 7.40. The fourth-order valence-electron chi connectivity index (χ4n) is 0.740. The average Bonchev–Trinajstić information content (AvgIpc) is 1.94. The lowest BCUT2D eigenvalue weighted by Crippen LogP contribution is -2.01. The van der Waals surface area contributed by atoms with Gasteiger partial charge in [-0.25, -0.2) is 4.79 Å². The number of hydrogen-bond acceptors (Lipinski definition) is 3. The highest BCUT2D eigenvalue weighted by molar-refractivity contribution is 5.95. The van der Waals surface area contributed by atoms with Crippen LogP contribution in [-0.4, -0.2) is 16.2 Å². The van der Waals surface area contributed by atoms with Crippen LogP contribution in [0.5, 0.6) is 5.75 Å². The van der Waals surface area contributed by atoms with Crippen LogP contribution in [0.3, 0.4) is 0 Å². The van der Waals surface area contributed by atoms with Gasteiger partial charge in [0.25, 0.3) is 0 Å². The lowest BCUT2D eigenvalue weighted by Gasteiger charge is -2.00. The van der Waals surface area contributed by atoms with E-state index >= 15 is 0 Å². The van der Waals surface area contributed by atoms with Gasteiger partial charge in [0, 0.05) is 0 Å². The Labute approximate surface area is 62.9 Å². The summed E-state index contributed by atoms with van der Waals surface area (Å²) in [7, 11) is 0. The van der Waals surface area contributed by atoms with E-state index < -0.39 is 5.97 Å². The molecule has 0 saturated heterocycles. The van der Waals surface area contributed by atoms with E-state index in [2.05, 4.69) is 0 Å². The Kier molecular flexibility index (Phi) is 1.68. The fraction of sp³-hybridized carbons (Fsp3) is 0. The van der Waals surface area contributed by atoms with Gasteiger partial charge in [-0.3, -0.25) is 0 Å². The zero-order valence-corrected chi connectivity index (χ0v) is 5.61. The third-order valence-electron chi connectivity index (χ3n) is 1.31. The summed E-state index contributed by atoms with van der Waals surface area (Å²) in [5, 5.41) is 17.5. The molecule has 0 aromatic heterocycles. The molecule has 0 bridgehead atoms. The lowest BCUT2D eigenvalue weighted by molar-refractivity contribution is 0.0697. The number of carbonyl (C=O) groups is 1. The van der Waals surface area contributed by atoms with E-state index in [0.717, 1.165) is 0 Å². The van der Waals surface area contributed by atoms with Gasteiger partial charge in [0.2, 0.25) is 0 Å². The lowest BCUT2D eigenvalue weighted by atomic mass is 10.9. The van der Waals surface area contributed by atoms with Crippen LogP contribution in [0, 0.1) is 0 Å². The quantitative estimate of drug-likeness (QED) is 0.415. The smallest absolute Gasteiger partial charge is 0.337 e. The predicted octanol–water partition coefficient (Wildman–Crippen LogP) is 0.673. The maximum absolute atomic E-state index is 10.4. The number of nitrogen functional groups attached to an aromatic ring is 1. The van der Waals surface area contributed by atoms with Gasteiger partial charge in [0.15, 0.2) is 0 Å². The molecule has 0 heterocycles. The maximum atomic E-state index is 10.4.